The number of halogens is 1. The maximum atomic E-state index is 10.1. The van der Waals surface area contributed by atoms with Crippen molar-refractivity contribution < 1.29 is 5.11 Å². The van der Waals surface area contributed by atoms with Crippen LogP contribution in [0.25, 0.3) is 0 Å². The second-order valence-electron chi connectivity index (χ2n) is 8.67. The highest BCUT2D eigenvalue weighted by Crippen LogP contribution is 2.60. The van der Waals surface area contributed by atoms with Crippen LogP contribution in [0.4, 0.5) is 0 Å². The van der Waals surface area contributed by atoms with Crippen molar-refractivity contribution in [2.24, 2.45) is 29.1 Å². The molecule has 6 atom stereocenters. The minimum atomic E-state index is -0.566. The van der Waals surface area contributed by atoms with Crippen LogP contribution in [-0.2, 0) is 0 Å². The number of rotatable bonds is 3. The van der Waals surface area contributed by atoms with Crippen LogP contribution in [0.3, 0.4) is 0 Å². The summed E-state index contributed by atoms with van der Waals surface area (Å²) in [6.45, 7) is 6.96. The molecule has 0 aromatic heterocycles. The van der Waals surface area contributed by atoms with Crippen molar-refractivity contribution in [3.8, 4) is 0 Å². The Balaban J connectivity index is 1.69. The second kappa shape index (κ2) is 6.09. The Morgan fingerprint density at radius 2 is 2.18 bits per heavy atom. The van der Waals surface area contributed by atoms with Crippen molar-refractivity contribution in [3.63, 3.8) is 0 Å². The van der Waals surface area contributed by atoms with Crippen LogP contribution < -0.4 is 0 Å². The van der Waals surface area contributed by atoms with Crippen molar-refractivity contribution in [3.05, 3.63) is 22.7 Å². The summed E-state index contributed by atoms with van der Waals surface area (Å²) in [5, 5.41) is 10.1. The Kier molecular flexibility index (Phi) is 4.64. The summed E-state index contributed by atoms with van der Waals surface area (Å²) in [5.41, 5.74) is 1.60. The maximum absolute atomic E-state index is 10.1. The van der Waals surface area contributed by atoms with Crippen LogP contribution in [-0.4, -0.2) is 10.7 Å². The summed E-state index contributed by atoms with van der Waals surface area (Å²) in [6.07, 6.45) is 13.2. The van der Waals surface area contributed by atoms with Gasteiger partial charge in [-0.1, -0.05) is 47.5 Å². The smallest absolute Gasteiger partial charge is 0.0805 e. The molecule has 2 saturated carbocycles. The lowest BCUT2D eigenvalue weighted by molar-refractivity contribution is 0.0756. The standard InChI is InChI=1S/C20H31BrO/c1-14(11-15-8-10-19(2,22)12-15)17-6-7-18-16(13-21)5-4-9-20(17,18)3/h8,10,13-15,17-18,22H,4-7,9,11-12H2,1-3H3/t14-,15+,17-,18?,19-,20+/m1/s1. The van der Waals surface area contributed by atoms with Crippen LogP contribution in [0, 0.1) is 29.1 Å². The van der Waals surface area contributed by atoms with E-state index in [4.69, 9.17) is 0 Å². The van der Waals surface area contributed by atoms with Gasteiger partial charge in [-0.2, -0.15) is 0 Å². The van der Waals surface area contributed by atoms with E-state index in [-0.39, 0.29) is 0 Å². The van der Waals surface area contributed by atoms with Crippen LogP contribution in [0.15, 0.2) is 22.7 Å². The summed E-state index contributed by atoms with van der Waals surface area (Å²) >= 11 is 3.61. The maximum Gasteiger partial charge on any atom is 0.0805 e. The van der Waals surface area contributed by atoms with Crippen LogP contribution >= 0.6 is 15.9 Å². The van der Waals surface area contributed by atoms with E-state index >= 15 is 0 Å². The van der Waals surface area contributed by atoms with Crippen molar-refractivity contribution in [1.82, 2.24) is 0 Å². The van der Waals surface area contributed by atoms with Gasteiger partial charge in [0.15, 0.2) is 0 Å². The zero-order valence-electron chi connectivity index (χ0n) is 14.3. The molecule has 1 unspecified atom stereocenters. The third kappa shape index (κ3) is 2.98. The normalized spacial score (nSPS) is 47.9. The van der Waals surface area contributed by atoms with E-state index in [0.29, 0.717) is 11.3 Å². The van der Waals surface area contributed by atoms with Gasteiger partial charge >= 0.3 is 0 Å². The molecule has 2 fully saturated rings. The average Bonchev–Trinajstić information content (AvgIpc) is 2.97. The molecule has 22 heavy (non-hydrogen) atoms. The van der Waals surface area contributed by atoms with Crippen LogP contribution in [0.1, 0.15) is 65.7 Å². The number of hydrogen-bond donors (Lipinski definition) is 1. The Bertz CT molecular complexity index is 478. The first-order valence-corrected chi connectivity index (χ1v) is 9.98. The molecule has 0 radical (unpaired) electrons. The Morgan fingerprint density at radius 3 is 2.82 bits per heavy atom. The molecular weight excluding hydrogens is 336 g/mol. The highest BCUT2D eigenvalue weighted by molar-refractivity contribution is 9.11. The molecule has 0 amide bonds. The first-order valence-electron chi connectivity index (χ1n) is 9.06. The molecule has 0 aromatic rings. The Labute approximate surface area is 144 Å². The summed E-state index contributed by atoms with van der Waals surface area (Å²) in [6, 6.07) is 0. The van der Waals surface area contributed by atoms with E-state index < -0.39 is 5.60 Å². The molecule has 0 aromatic carbocycles. The second-order valence-corrected chi connectivity index (χ2v) is 9.13. The molecule has 0 saturated heterocycles. The Morgan fingerprint density at radius 1 is 1.41 bits per heavy atom. The van der Waals surface area contributed by atoms with Crippen molar-refractivity contribution >= 4 is 15.9 Å². The Hall–Kier alpha value is -0.0800. The highest BCUT2D eigenvalue weighted by atomic mass is 79.9. The molecule has 0 spiro atoms. The summed E-state index contributed by atoms with van der Waals surface area (Å²) in [5.74, 6) is 2.98. The van der Waals surface area contributed by atoms with Gasteiger partial charge < -0.3 is 5.11 Å². The minimum absolute atomic E-state index is 0.502. The van der Waals surface area contributed by atoms with Gasteiger partial charge in [0.2, 0.25) is 0 Å². The summed E-state index contributed by atoms with van der Waals surface area (Å²) < 4.78 is 0. The van der Waals surface area contributed by atoms with Crippen molar-refractivity contribution in [2.75, 3.05) is 0 Å². The zero-order chi connectivity index (χ0) is 16.0. The monoisotopic (exact) mass is 366 g/mol. The fourth-order valence-electron chi connectivity index (χ4n) is 5.96. The van der Waals surface area contributed by atoms with Gasteiger partial charge in [0.05, 0.1) is 5.60 Å². The number of hydrogen-bond acceptors (Lipinski definition) is 1. The quantitative estimate of drug-likeness (QED) is 0.622. The summed E-state index contributed by atoms with van der Waals surface area (Å²) in [7, 11) is 0. The molecule has 0 bridgehead atoms. The minimum Gasteiger partial charge on any atom is -0.386 e. The van der Waals surface area contributed by atoms with Gasteiger partial charge in [0.25, 0.3) is 0 Å². The van der Waals surface area contributed by atoms with Gasteiger partial charge in [-0.15, -0.1) is 0 Å². The molecular formula is C20H31BrO. The molecule has 124 valence electrons. The third-order valence-corrected chi connectivity index (χ3v) is 7.53. The van der Waals surface area contributed by atoms with E-state index in [9.17, 15) is 5.11 Å². The number of aliphatic hydroxyl groups is 1. The number of fused-ring (bicyclic) bond motifs is 1. The predicted octanol–water partition coefficient (Wildman–Crippen LogP) is 5.83. The van der Waals surface area contributed by atoms with Crippen LogP contribution in [0.5, 0.6) is 0 Å². The molecule has 3 aliphatic carbocycles. The summed E-state index contributed by atoms with van der Waals surface area (Å²) in [4.78, 5) is 2.22. The lowest BCUT2D eigenvalue weighted by atomic mass is 9.61. The molecule has 3 aliphatic rings. The lowest BCUT2D eigenvalue weighted by Crippen LogP contribution is -2.36. The fraction of sp³-hybridized carbons (Fsp3) is 0.800. The molecule has 2 heteroatoms. The van der Waals surface area contributed by atoms with Gasteiger partial charge in [-0.25, -0.2) is 0 Å². The van der Waals surface area contributed by atoms with Gasteiger partial charge in [-0.05, 0) is 85.9 Å². The van der Waals surface area contributed by atoms with Gasteiger partial charge in [-0.3, -0.25) is 0 Å². The van der Waals surface area contributed by atoms with E-state index in [1.807, 2.05) is 13.0 Å². The van der Waals surface area contributed by atoms with E-state index in [2.05, 4.69) is 40.8 Å². The average molecular weight is 367 g/mol. The predicted molar refractivity (Wildman–Crippen MR) is 96.8 cm³/mol. The van der Waals surface area contributed by atoms with Crippen molar-refractivity contribution in [1.29, 1.82) is 0 Å². The zero-order valence-corrected chi connectivity index (χ0v) is 15.9. The van der Waals surface area contributed by atoms with Gasteiger partial charge in [0.1, 0.15) is 0 Å². The van der Waals surface area contributed by atoms with E-state index in [0.717, 1.165) is 24.2 Å². The highest BCUT2D eigenvalue weighted by Gasteiger charge is 2.50. The number of allylic oxidation sites excluding steroid dienone is 2. The largest absolute Gasteiger partial charge is 0.386 e. The fourth-order valence-corrected chi connectivity index (χ4v) is 6.51. The SMILES string of the molecule is C[C@H](C[C@@H]1C=C[C@@](C)(O)C1)[C@H]1CCC2C(=CBr)CCC[C@]21C. The molecule has 0 aliphatic heterocycles. The molecule has 1 N–H and O–H groups in total. The molecule has 1 nitrogen and oxygen atoms in total. The molecule has 0 heterocycles. The van der Waals surface area contributed by atoms with Gasteiger partial charge in [0, 0.05) is 0 Å². The lowest BCUT2D eigenvalue weighted by Gasteiger charge is -2.44. The third-order valence-electron chi connectivity index (χ3n) is 6.94. The van der Waals surface area contributed by atoms with Crippen LogP contribution in [0.2, 0.25) is 0 Å². The van der Waals surface area contributed by atoms with E-state index in [1.54, 1.807) is 5.57 Å². The first kappa shape index (κ1) is 16.8. The molecule has 3 rings (SSSR count). The first-order chi connectivity index (χ1) is 10.4. The topological polar surface area (TPSA) is 20.2 Å². The van der Waals surface area contributed by atoms with Crippen molar-refractivity contribution in [2.45, 2.75) is 71.3 Å². The van der Waals surface area contributed by atoms with E-state index in [1.165, 1.54) is 38.5 Å².